The van der Waals surface area contributed by atoms with Gasteiger partial charge in [-0.05, 0) is 43.2 Å². The van der Waals surface area contributed by atoms with Crippen LogP contribution in [-0.4, -0.2) is 22.6 Å². The van der Waals surface area contributed by atoms with Gasteiger partial charge in [0.2, 0.25) is 11.8 Å². The molecule has 0 unspecified atom stereocenters. The van der Waals surface area contributed by atoms with Crippen molar-refractivity contribution in [3.05, 3.63) is 48.8 Å². The Balaban J connectivity index is 1.51. The molecule has 118 valence electrons. The van der Waals surface area contributed by atoms with Crippen LogP contribution in [0.2, 0.25) is 0 Å². The van der Waals surface area contributed by atoms with Gasteiger partial charge in [-0.15, -0.1) is 11.8 Å². The lowest BCUT2D eigenvalue weighted by Crippen LogP contribution is -2.14. The fraction of sp³-hybridized carbons (Fsp3) is 0.235. The summed E-state index contributed by atoms with van der Waals surface area (Å²) in [6.07, 6.45) is 5.23. The molecule has 1 aliphatic rings. The summed E-state index contributed by atoms with van der Waals surface area (Å²) in [4.78, 5) is 28.5. The highest BCUT2D eigenvalue weighted by molar-refractivity contribution is 8.00. The molecule has 0 saturated heterocycles. The van der Waals surface area contributed by atoms with Gasteiger partial charge in [-0.25, -0.2) is 0 Å². The second-order valence-corrected chi connectivity index (χ2v) is 6.41. The third-order valence-electron chi connectivity index (χ3n) is 3.38. The molecule has 0 atom stereocenters. The van der Waals surface area contributed by atoms with Crippen LogP contribution in [-0.2, 0) is 9.59 Å². The highest BCUT2D eigenvalue weighted by Crippen LogP contribution is 2.30. The van der Waals surface area contributed by atoms with Crippen molar-refractivity contribution in [3.63, 3.8) is 0 Å². The SMILES string of the molecule is O=C(CSc1cccc(NC(=O)C2CC2)c1)Nc1ccncc1. The van der Waals surface area contributed by atoms with Crippen LogP contribution in [0, 0.1) is 5.92 Å². The molecule has 1 aromatic heterocycles. The fourth-order valence-electron chi connectivity index (χ4n) is 2.03. The fourth-order valence-corrected chi connectivity index (χ4v) is 2.79. The molecule has 1 aromatic carbocycles. The Morgan fingerprint density at radius 2 is 1.87 bits per heavy atom. The molecule has 0 aliphatic heterocycles. The van der Waals surface area contributed by atoms with Crippen LogP contribution >= 0.6 is 11.8 Å². The van der Waals surface area contributed by atoms with Crippen molar-refractivity contribution < 1.29 is 9.59 Å². The van der Waals surface area contributed by atoms with Gasteiger partial charge in [-0.1, -0.05) is 6.07 Å². The van der Waals surface area contributed by atoms with E-state index in [-0.39, 0.29) is 17.7 Å². The van der Waals surface area contributed by atoms with Gasteiger partial charge in [0.1, 0.15) is 0 Å². The van der Waals surface area contributed by atoms with Crippen LogP contribution in [0.25, 0.3) is 0 Å². The van der Waals surface area contributed by atoms with Gasteiger partial charge >= 0.3 is 0 Å². The van der Waals surface area contributed by atoms with Crippen molar-refractivity contribution in [1.29, 1.82) is 0 Å². The first-order valence-electron chi connectivity index (χ1n) is 7.44. The summed E-state index contributed by atoms with van der Waals surface area (Å²) in [5.41, 5.74) is 1.51. The molecule has 1 heterocycles. The number of hydrogen-bond acceptors (Lipinski definition) is 4. The molecule has 23 heavy (non-hydrogen) atoms. The number of rotatable bonds is 6. The molecule has 2 N–H and O–H groups in total. The third kappa shape index (κ3) is 4.82. The highest BCUT2D eigenvalue weighted by atomic mass is 32.2. The Hall–Kier alpha value is -2.34. The molecule has 6 heteroatoms. The zero-order chi connectivity index (χ0) is 16.1. The van der Waals surface area contributed by atoms with E-state index in [1.165, 1.54) is 11.8 Å². The van der Waals surface area contributed by atoms with Gasteiger partial charge in [0, 0.05) is 34.6 Å². The summed E-state index contributed by atoms with van der Waals surface area (Å²) in [5.74, 6) is 0.496. The van der Waals surface area contributed by atoms with Gasteiger partial charge in [0.25, 0.3) is 0 Å². The minimum atomic E-state index is -0.0754. The summed E-state index contributed by atoms with van der Waals surface area (Å²) in [5, 5.41) is 5.72. The van der Waals surface area contributed by atoms with E-state index in [4.69, 9.17) is 0 Å². The molecule has 5 nitrogen and oxygen atoms in total. The Labute approximate surface area is 138 Å². The second-order valence-electron chi connectivity index (χ2n) is 5.36. The molecule has 1 fully saturated rings. The summed E-state index contributed by atoms with van der Waals surface area (Å²) in [6.45, 7) is 0. The lowest BCUT2D eigenvalue weighted by atomic mass is 10.3. The van der Waals surface area contributed by atoms with Crippen LogP contribution in [0.4, 0.5) is 11.4 Å². The Morgan fingerprint density at radius 3 is 2.61 bits per heavy atom. The first-order valence-corrected chi connectivity index (χ1v) is 8.43. The summed E-state index contributed by atoms with van der Waals surface area (Å²) < 4.78 is 0. The number of aromatic nitrogens is 1. The van der Waals surface area contributed by atoms with E-state index in [1.807, 2.05) is 24.3 Å². The number of benzene rings is 1. The zero-order valence-electron chi connectivity index (χ0n) is 12.5. The highest BCUT2D eigenvalue weighted by Gasteiger charge is 2.29. The lowest BCUT2D eigenvalue weighted by molar-refractivity contribution is -0.117. The van der Waals surface area contributed by atoms with E-state index < -0.39 is 0 Å². The maximum Gasteiger partial charge on any atom is 0.234 e. The van der Waals surface area contributed by atoms with Crippen molar-refractivity contribution in [3.8, 4) is 0 Å². The van der Waals surface area contributed by atoms with Crippen molar-refractivity contribution in [2.24, 2.45) is 5.92 Å². The molecule has 0 radical (unpaired) electrons. The minimum absolute atomic E-state index is 0.0754. The number of anilines is 2. The number of pyridine rings is 1. The van der Waals surface area contributed by atoms with Crippen molar-refractivity contribution in [2.45, 2.75) is 17.7 Å². The van der Waals surface area contributed by atoms with E-state index in [9.17, 15) is 9.59 Å². The number of carbonyl (C=O) groups is 2. The van der Waals surface area contributed by atoms with E-state index in [0.29, 0.717) is 5.75 Å². The quantitative estimate of drug-likeness (QED) is 0.800. The summed E-state index contributed by atoms with van der Waals surface area (Å²) in [6, 6.07) is 11.1. The molecule has 2 aromatic rings. The largest absolute Gasteiger partial charge is 0.326 e. The molecule has 0 spiro atoms. The van der Waals surface area contributed by atoms with Crippen molar-refractivity contribution in [1.82, 2.24) is 4.98 Å². The first-order chi connectivity index (χ1) is 11.2. The number of hydrogen-bond donors (Lipinski definition) is 2. The second kappa shape index (κ2) is 7.28. The molecule has 1 aliphatic carbocycles. The number of amides is 2. The average molecular weight is 327 g/mol. The molecule has 2 amide bonds. The van der Waals surface area contributed by atoms with Gasteiger partial charge in [0.15, 0.2) is 0 Å². The zero-order valence-corrected chi connectivity index (χ0v) is 13.3. The molecule has 0 bridgehead atoms. The number of nitrogens with one attached hydrogen (secondary N) is 2. The molecule has 3 rings (SSSR count). The topological polar surface area (TPSA) is 71.1 Å². The third-order valence-corrected chi connectivity index (χ3v) is 4.38. The van der Waals surface area contributed by atoms with E-state index in [1.54, 1.807) is 24.5 Å². The normalized spacial score (nSPS) is 13.4. The van der Waals surface area contributed by atoms with E-state index in [2.05, 4.69) is 15.6 Å². The Kier molecular flexibility index (Phi) is 4.92. The van der Waals surface area contributed by atoms with Crippen LogP contribution in [0.3, 0.4) is 0 Å². The number of carbonyl (C=O) groups excluding carboxylic acids is 2. The maximum atomic E-state index is 11.9. The summed E-state index contributed by atoms with van der Waals surface area (Å²) in [7, 11) is 0. The lowest BCUT2D eigenvalue weighted by Gasteiger charge is -2.07. The maximum absolute atomic E-state index is 11.9. The molecular weight excluding hydrogens is 310 g/mol. The standard InChI is InChI=1S/C17H17N3O2S/c21-16(19-13-6-8-18-9-7-13)11-23-15-3-1-2-14(10-15)20-17(22)12-4-5-12/h1-3,6-10,12H,4-5,11H2,(H,20,22)(H,18,19,21). The smallest absolute Gasteiger partial charge is 0.234 e. The minimum Gasteiger partial charge on any atom is -0.326 e. The first kappa shape index (κ1) is 15.6. The van der Waals surface area contributed by atoms with Crippen molar-refractivity contribution >= 4 is 35.0 Å². The van der Waals surface area contributed by atoms with Gasteiger partial charge < -0.3 is 10.6 Å². The van der Waals surface area contributed by atoms with Crippen LogP contribution < -0.4 is 10.6 Å². The van der Waals surface area contributed by atoms with Crippen LogP contribution in [0.15, 0.2) is 53.7 Å². The number of nitrogens with zero attached hydrogens (tertiary/aromatic N) is 1. The van der Waals surface area contributed by atoms with Crippen molar-refractivity contribution in [2.75, 3.05) is 16.4 Å². The monoisotopic (exact) mass is 327 g/mol. The van der Waals surface area contributed by atoms with E-state index >= 15 is 0 Å². The van der Waals surface area contributed by atoms with Gasteiger partial charge in [-0.3, -0.25) is 14.6 Å². The van der Waals surface area contributed by atoms with E-state index in [0.717, 1.165) is 29.1 Å². The van der Waals surface area contributed by atoms with Gasteiger partial charge in [-0.2, -0.15) is 0 Å². The predicted molar refractivity (Wildman–Crippen MR) is 91.4 cm³/mol. The van der Waals surface area contributed by atoms with Crippen LogP contribution in [0.1, 0.15) is 12.8 Å². The molecule has 1 saturated carbocycles. The van der Waals surface area contributed by atoms with Crippen LogP contribution in [0.5, 0.6) is 0 Å². The molecular formula is C17H17N3O2S. The predicted octanol–water partition coefficient (Wildman–Crippen LogP) is 3.16. The number of thioether (sulfide) groups is 1. The summed E-state index contributed by atoms with van der Waals surface area (Å²) >= 11 is 1.43. The Bertz CT molecular complexity index is 702. The van der Waals surface area contributed by atoms with Gasteiger partial charge in [0.05, 0.1) is 5.75 Å². The average Bonchev–Trinajstić information content (AvgIpc) is 3.39. The Morgan fingerprint density at radius 1 is 1.09 bits per heavy atom.